The van der Waals surface area contributed by atoms with Crippen LogP contribution in [-0.2, 0) is 0 Å². The van der Waals surface area contributed by atoms with Crippen LogP contribution in [0.15, 0.2) is 60.8 Å². The lowest BCUT2D eigenvalue weighted by molar-refractivity contribution is 0.408. The molecule has 0 unspecified atom stereocenters. The summed E-state index contributed by atoms with van der Waals surface area (Å²) in [6, 6.07) is 17.3. The quantitative estimate of drug-likeness (QED) is 0.672. The van der Waals surface area contributed by atoms with E-state index >= 15 is 0 Å². The predicted octanol–water partition coefficient (Wildman–Crippen LogP) is 4.87. The highest BCUT2D eigenvalue weighted by Gasteiger charge is 2.05. The number of nitrogens with zero attached hydrogens (tertiary/aromatic N) is 1. The molecule has 1 aromatic heterocycles. The number of pyridine rings is 1. The third-order valence-electron chi connectivity index (χ3n) is 3.61. The molecule has 122 valence electrons. The van der Waals surface area contributed by atoms with Crippen LogP contribution >= 0.6 is 0 Å². The van der Waals surface area contributed by atoms with Crippen molar-refractivity contribution in [2.24, 2.45) is 0 Å². The first-order chi connectivity index (χ1) is 11.7. The van der Waals surface area contributed by atoms with Crippen LogP contribution in [0.2, 0.25) is 0 Å². The highest BCUT2D eigenvalue weighted by molar-refractivity contribution is 5.61. The second-order valence-corrected chi connectivity index (χ2v) is 5.39. The minimum absolute atomic E-state index is 0.725. The van der Waals surface area contributed by atoms with Crippen molar-refractivity contribution in [3.8, 4) is 34.3 Å². The van der Waals surface area contributed by atoms with Crippen LogP contribution in [-0.4, -0.2) is 19.2 Å². The van der Waals surface area contributed by atoms with Gasteiger partial charge in [0.15, 0.2) is 0 Å². The molecule has 2 aromatic carbocycles. The number of aryl methyl sites for hydroxylation is 1. The van der Waals surface area contributed by atoms with E-state index < -0.39 is 0 Å². The Morgan fingerprint density at radius 1 is 0.708 bits per heavy atom. The molecule has 24 heavy (non-hydrogen) atoms. The Hall–Kier alpha value is -3.01. The molecule has 4 nitrogen and oxygen atoms in total. The molecule has 4 heteroatoms. The molecule has 0 atom stereocenters. The zero-order chi connectivity index (χ0) is 16.9. The number of ether oxygens (including phenoxy) is 3. The molecular formula is C20H19NO3. The number of methoxy groups -OCH3 is 2. The van der Waals surface area contributed by atoms with Crippen molar-refractivity contribution < 1.29 is 14.2 Å². The first-order valence-corrected chi connectivity index (χ1v) is 7.62. The summed E-state index contributed by atoms with van der Waals surface area (Å²) in [6.45, 7) is 2.00. The summed E-state index contributed by atoms with van der Waals surface area (Å²) in [6.07, 6.45) is 1.74. The molecule has 0 spiro atoms. The number of hydrogen-bond acceptors (Lipinski definition) is 4. The van der Waals surface area contributed by atoms with Gasteiger partial charge in [0.05, 0.1) is 19.9 Å². The molecule has 0 bridgehead atoms. The van der Waals surface area contributed by atoms with E-state index in [-0.39, 0.29) is 0 Å². The van der Waals surface area contributed by atoms with E-state index in [4.69, 9.17) is 14.2 Å². The van der Waals surface area contributed by atoms with Crippen LogP contribution in [0, 0.1) is 6.92 Å². The molecule has 0 aliphatic heterocycles. The minimum atomic E-state index is 0.725. The summed E-state index contributed by atoms with van der Waals surface area (Å²) in [4.78, 5) is 4.41. The lowest BCUT2D eigenvalue weighted by Crippen LogP contribution is -1.90. The molecule has 0 saturated carbocycles. The predicted molar refractivity (Wildman–Crippen MR) is 94.0 cm³/mol. The van der Waals surface area contributed by atoms with Crippen LogP contribution in [0.5, 0.6) is 23.0 Å². The van der Waals surface area contributed by atoms with Gasteiger partial charge in [-0.3, -0.25) is 4.98 Å². The summed E-state index contributed by atoms with van der Waals surface area (Å²) in [5, 5.41) is 0. The Bertz CT molecular complexity index is 829. The fourth-order valence-electron chi connectivity index (χ4n) is 2.42. The first-order valence-electron chi connectivity index (χ1n) is 7.62. The molecule has 0 radical (unpaired) electrons. The average Bonchev–Trinajstić information content (AvgIpc) is 2.61. The van der Waals surface area contributed by atoms with Gasteiger partial charge in [0.1, 0.15) is 23.0 Å². The molecular weight excluding hydrogens is 302 g/mol. The number of benzene rings is 2. The van der Waals surface area contributed by atoms with Crippen LogP contribution < -0.4 is 14.2 Å². The van der Waals surface area contributed by atoms with Crippen LogP contribution in [0.25, 0.3) is 11.3 Å². The highest BCUT2D eigenvalue weighted by atomic mass is 16.5. The molecule has 1 heterocycles. The van der Waals surface area contributed by atoms with Gasteiger partial charge in [0.2, 0.25) is 0 Å². The Morgan fingerprint density at radius 2 is 1.42 bits per heavy atom. The maximum Gasteiger partial charge on any atom is 0.131 e. The summed E-state index contributed by atoms with van der Waals surface area (Å²) in [5.74, 6) is 3.05. The molecule has 3 rings (SSSR count). The Morgan fingerprint density at radius 3 is 2.12 bits per heavy atom. The standard InChI is InChI=1S/C20H19NO3/c1-14-10-18(23-3)12-19(11-14)24-17-8-9-21-20(13-17)15-4-6-16(22-2)7-5-15/h4-13H,1-3H3. The van der Waals surface area contributed by atoms with E-state index in [0.29, 0.717) is 0 Å². The SMILES string of the molecule is COc1ccc(-c2cc(Oc3cc(C)cc(OC)c3)ccn2)cc1. The Labute approximate surface area is 141 Å². The van der Waals surface area contributed by atoms with Crippen LogP contribution in [0.3, 0.4) is 0 Å². The second-order valence-electron chi connectivity index (χ2n) is 5.39. The lowest BCUT2D eigenvalue weighted by atomic mass is 10.1. The van der Waals surface area contributed by atoms with E-state index in [9.17, 15) is 0 Å². The summed E-state index contributed by atoms with van der Waals surface area (Å²) in [7, 11) is 3.30. The van der Waals surface area contributed by atoms with Crippen molar-refractivity contribution >= 4 is 0 Å². The number of aromatic nitrogens is 1. The van der Waals surface area contributed by atoms with Gasteiger partial charge in [-0.05, 0) is 55.0 Å². The van der Waals surface area contributed by atoms with Gasteiger partial charge in [0, 0.05) is 23.9 Å². The smallest absolute Gasteiger partial charge is 0.131 e. The summed E-state index contributed by atoms with van der Waals surface area (Å²) in [5.41, 5.74) is 2.92. The molecule has 0 N–H and O–H groups in total. The highest BCUT2D eigenvalue weighted by Crippen LogP contribution is 2.29. The second kappa shape index (κ2) is 7.04. The fraction of sp³-hybridized carbons (Fsp3) is 0.150. The maximum absolute atomic E-state index is 5.96. The van der Waals surface area contributed by atoms with Gasteiger partial charge in [-0.15, -0.1) is 0 Å². The van der Waals surface area contributed by atoms with Crippen molar-refractivity contribution in [3.05, 3.63) is 66.4 Å². The van der Waals surface area contributed by atoms with Crippen molar-refractivity contribution in [1.82, 2.24) is 4.98 Å². The number of hydrogen-bond donors (Lipinski definition) is 0. The lowest BCUT2D eigenvalue weighted by Gasteiger charge is -2.10. The number of rotatable bonds is 5. The fourth-order valence-corrected chi connectivity index (χ4v) is 2.42. The van der Waals surface area contributed by atoms with Gasteiger partial charge in [-0.25, -0.2) is 0 Å². The molecule has 0 amide bonds. The Balaban J connectivity index is 1.86. The zero-order valence-electron chi connectivity index (χ0n) is 13.9. The van der Waals surface area contributed by atoms with E-state index in [1.165, 1.54) is 0 Å². The third kappa shape index (κ3) is 3.66. The van der Waals surface area contributed by atoms with E-state index in [0.717, 1.165) is 39.8 Å². The largest absolute Gasteiger partial charge is 0.497 e. The third-order valence-corrected chi connectivity index (χ3v) is 3.61. The molecule has 3 aromatic rings. The van der Waals surface area contributed by atoms with Gasteiger partial charge < -0.3 is 14.2 Å². The van der Waals surface area contributed by atoms with E-state index in [1.54, 1.807) is 20.4 Å². The van der Waals surface area contributed by atoms with Crippen LogP contribution in [0.4, 0.5) is 0 Å². The molecule has 0 aliphatic rings. The summed E-state index contributed by atoms with van der Waals surface area (Å²) < 4.78 is 16.4. The van der Waals surface area contributed by atoms with Crippen molar-refractivity contribution in [1.29, 1.82) is 0 Å². The van der Waals surface area contributed by atoms with Gasteiger partial charge in [-0.2, -0.15) is 0 Å². The normalized spacial score (nSPS) is 10.3. The monoisotopic (exact) mass is 321 g/mol. The van der Waals surface area contributed by atoms with Gasteiger partial charge in [0.25, 0.3) is 0 Å². The van der Waals surface area contributed by atoms with E-state index in [1.807, 2.05) is 61.5 Å². The Kier molecular flexibility index (Phi) is 4.66. The van der Waals surface area contributed by atoms with Crippen molar-refractivity contribution in [2.75, 3.05) is 14.2 Å². The van der Waals surface area contributed by atoms with E-state index in [2.05, 4.69) is 4.98 Å². The molecule has 0 saturated heterocycles. The topological polar surface area (TPSA) is 40.6 Å². The van der Waals surface area contributed by atoms with Crippen molar-refractivity contribution in [2.45, 2.75) is 6.92 Å². The zero-order valence-corrected chi connectivity index (χ0v) is 13.9. The summed E-state index contributed by atoms with van der Waals surface area (Å²) >= 11 is 0. The molecule has 0 fully saturated rings. The molecule has 0 aliphatic carbocycles. The van der Waals surface area contributed by atoms with Crippen LogP contribution in [0.1, 0.15) is 5.56 Å². The first kappa shape index (κ1) is 15.9. The average molecular weight is 321 g/mol. The maximum atomic E-state index is 5.96. The van der Waals surface area contributed by atoms with Gasteiger partial charge in [-0.1, -0.05) is 0 Å². The minimum Gasteiger partial charge on any atom is -0.497 e. The van der Waals surface area contributed by atoms with Gasteiger partial charge >= 0.3 is 0 Å². The van der Waals surface area contributed by atoms with Crippen molar-refractivity contribution in [3.63, 3.8) is 0 Å².